The van der Waals surface area contributed by atoms with Crippen LogP contribution in [0.5, 0.6) is 0 Å². The molecule has 2 aromatic rings. The number of amides is 1. The Morgan fingerprint density at radius 3 is 2.73 bits per heavy atom. The summed E-state index contributed by atoms with van der Waals surface area (Å²) in [7, 11) is 0. The summed E-state index contributed by atoms with van der Waals surface area (Å²) in [6.07, 6.45) is -1.34. The number of halogens is 3. The van der Waals surface area contributed by atoms with Crippen LogP contribution >= 0.6 is 0 Å². The number of pyridine rings is 1. The molecule has 0 fully saturated rings. The molecule has 2 rings (SSSR count). The van der Waals surface area contributed by atoms with Crippen molar-refractivity contribution in [3.63, 3.8) is 0 Å². The lowest BCUT2D eigenvalue weighted by atomic mass is 10.2. The molecule has 0 saturated heterocycles. The summed E-state index contributed by atoms with van der Waals surface area (Å²) in [5.74, 6) is -0.274. The maximum absolute atomic E-state index is 11.8. The highest BCUT2D eigenvalue weighted by Gasteiger charge is 2.27. The van der Waals surface area contributed by atoms with Crippen LogP contribution in [0.1, 0.15) is 5.89 Å². The van der Waals surface area contributed by atoms with Gasteiger partial charge >= 0.3 is 6.18 Å². The fourth-order valence-electron chi connectivity index (χ4n) is 1.43. The van der Waals surface area contributed by atoms with E-state index in [4.69, 9.17) is 4.52 Å². The molecule has 1 amide bonds. The molecule has 0 radical (unpaired) electrons. The van der Waals surface area contributed by atoms with Gasteiger partial charge in [0.25, 0.3) is 0 Å². The molecule has 1 N–H and O–H groups in total. The molecule has 0 bridgehead atoms. The molecule has 0 aliphatic rings. The minimum absolute atomic E-state index is 0.105. The molecule has 2 aromatic heterocycles. The van der Waals surface area contributed by atoms with Gasteiger partial charge in [0.1, 0.15) is 13.2 Å². The monoisotopic (exact) mass is 316 g/mol. The first kappa shape index (κ1) is 15.9. The number of alkyl halides is 3. The van der Waals surface area contributed by atoms with Crippen molar-refractivity contribution in [2.75, 3.05) is 13.2 Å². The minimum atomic E-state index is -4.47. The van der Waals surface area contributed by atoms with Gasteiger partial charge in [-0.15, -0.1) is 0 Å². The van der Waals surface area contributed by atoms with Gasteiger partial charge in [-0.05, 0) is 12.1 Å². The number of aromatic nitrogens is 3. The topological polar surface area (TPSA) is 90.1 Å². The van der Waals surface area contributed by atoms with Crippen molar-refractivity contribution in [3.8, 4) is 11.4 Å². The second-order valence-corrected chi connectivity index (χ2v) is 4.13. The first-order chi connectivity index (χ1) is 10.4. The summed E-state index contributed by atoms with van der Waals surface area (Å²) >= 11 is 0. The predicted octanol–water partition coefficient (Wildman–Crippen LogP) is 1.33. The fraction of sp³-hybridized carbons (Fsp3) is 0.333. The average Bonchev–Trinajstić information content (AvgIpc) is 2.94. The van der Waals surface area contributed by atoms with E-state index in [1.165, 1.54) is 0 Å². The largest absolute Gasteiger partial charge is 0.411 e. The van der Waals surface area contributed by atoms with Crippen LogP contribution in [0, 0.1) is 0 Å². The first-order valence-corrected chi connectivity index (χ1v) is 6.08. The van der Waals surface area contributed by atoms with Gasteiger partial charge < -0.3 is 14.6 Å². The highest BCUT2D eigenvalue weighted by molar-refractivity contribution is 5.77. The average molecular weight is 316 g/mol. The van der Waals surface area contributed by atoms with Crippen LogP contribution < -0.4 is 5.32 Å². The molecule has 118 valence electrons. The Bertz CT molecular complexity index is 616. The summed E-state index contributed by atoms with van der Waals surface area (Å²) in [6, 6.07) is 3.36. The summed E-state index contributed by atoms with van der Waals surface area (Å²) in [5, 5.41) is 6.02. The maximum Gasteiger partial charge on any atom is 0.411 e. The molecular formula is C12H11F3N4O3. The van der Waals surface area contributed by atoms with E-state index >= 15 is 0 Å². The Kier molecular flexibility index (Phi) is 5.04. The van der Waals surface area contributed by atoms with Crippen molar-refractivity contribution in [2.45, 2.75) is 12.7 Å². The molecule has 2 heterocycles. The van der Waals surface area contributed by atoms with Gasteiger partial charge in [-0.3, -0.25) is 9.78 Å². The lowest BCUT2D eigenvalue weighted by molar-refractivity contribution is -0.175. The number of ether oxygens (including phenoxy) is 1. The molecule has 0 saturated carbocycles. The normalized spacial score (nSPS) is 11.4. The molecule has 0 spiro atoms. The minimum Gasteiger partial charge on any atom is -0.362 e. The molecule has 0 atom stereocenters. The van der Waals surface area contributed by atoms with E-state index in [-0.39, 0.29) is 12.4 Å². The molecular weight excluding hydrogens is 305 g/mol. The number of hydrogen-bond acceptors (Lipinski definition) is 6. The summed E-state index contributed by atoms with van der Waals surface area (Å²) in [5.41, 5.74) is 0.685. The molecule has 7 nitrogen and oxygen atoms in total. The Morgan fingerprint density at radius 1 is 1.32 bits per heavy atom. The van der Waals surface area contributed by atoms with Crippen LogP contribution in [0.25, 0.3) is 11.4 Å². The van der Waals surface area contributed by atoms with Crippen LogP contribution in [-0.4, -0.2) is 40.4 Å². The van der Waals surface area contributed by atoms with Crippen LogP contribution in [0.4, 0.5) is 13.2 Å². The van der Waals surface area contributed by atoms with Gasteiger partial charge in [0.2, 0.25) is 17.6 Å². The van der Waals surface area contributed by atoms with Crippen molar-refractivity contribution in [1.82, 2.24) is 20.4 Å². The second-order valence-electron chi connectivity index (χ2n) is 4.13. The maximum atomic E-state index is 11.8. The Balaban J connectivity index is 1.78. The van der Waals surface area contributed by atoms with Crippen molar-refractivity contribution >= 4 is 5.91 Å². The SMILES string of the molecule is O=C(COCC(F)(F)F)NCc1nc(-c2ccncc2)no1. The van der Waals surface area contributed by atoms with Crippen LogP contribution in [0.15, 0.2) is 29.0 Å². The van der Waals surface area contributed by atoms with Crippen LogP contribution in [-0.2, 0) is 16.1 Å². The standard InChI is InChI=1S/C12H11F3N4O3/c13-12(14,15)7-21-6-9(20)17-5-10-18-11(19-22-10)8-1-3-16-4-2-8/h1-4H,5-7H2,(H,17,20). The smallest absolute Gasteiger partial charge is 0.362 e. The third-order valence-electron chi connectivity index (χ3n) is 2.34. The zero-order valence-electron chi connectivity index (χ0n) is 11.1. The van der Waals surface area contributed by atoms with Crippen molar-refractivity contribution in [2.24, 2.45) is 0 Å². The number of hydrogen-bond donors (Lipinski definition) is 1. The molecule has 0 unspecified atom stereocenters. The number of nitrogens with one attached hydrogen (secondary N) is 1. The quantitative estimate of drug-likeness (QED) is 0.864. The summed E-state index contributed by atoms with van der Waals surface area (Å²) in [6.45, 7) is -2.29. The number of carbonyl (C=O) groups is 1. The fourth-order valence-corrected chi connectivity index (χ4v) is 1.43. The van der Waals surface area contributed by atoms with Crippen molar-refractivity contribution < 1.29 is 27.2 Å². The van der Waals surface area contributed by atoms with E-state index in [1.54, 1.807) is 24.5 Å². The summed E-state index contributed by atoms with van der Waals surface area (Å²) in [4.78, 5) is 19.2. The molecule has 10 heteroatoms. The van der Waals surface area contributed by atoms with Crippen LogP contribution in [0.3, 0.4) is 0 Å². The van der Waals surface area contributed by atoms with E-state index in [9.17, 15) is 18.0 Å². The predicted molar refractivity (Wildman–Crippen MR) is 66.2 cm³/mol. The van der Waals surface area contributed by atoms with Gasteiger partial charge in [-0.2, -0.15) is 18.2 Å². The van der Waals surface area contributed by atoms with E-state index in [0.29, 0.717) is 11.4 Å². The molecule has 0 aliphatic carbocycles. The van der Waals surface area contributed by atoms with Gasteiger partial charge in [-0.1, -0.05) is 5.16 Å². The van der Waals surface area contributed by atoms with E-state index in [2.05, 4.69) is 25.2 Å². The zero-order valence-corrected chi connectivity index (χ0v) is 11.1. The van der Waals surface area contributed by atoms with E-state index in [1.807, 2.05) is 0 Å². The zero-order chi connectivity index (χ0) is 16.0. The summed E-state index contributed by atoms with van der Waals surface area (Å²) < 4.78 is 44.6. The second kappa shape index (κ2) is 6.98. The molecule has 0 aromatic carbocycles. The lowest BCUT2D eigenvalue weighted by Crippen LogP contribution is -2.29. The van der Waals surface area contributed by atoms with Gasteiger partial charge in [0, 0.05) is 18.0 Å². The van der Waals surface area contributed by atoms with E-state index in [0.717, 1.165) is 0 Å². The van der Waals surface area contributed by atoms with Crippen molar-refractivity contribution in [1.29, 1.82) is 0 Å². The highest BCUT2D eigenvalue weighted by atomic mass is 19.4. The lowest BCUT2D eigenvalue weighted by Gasteiger charge is -2.07. The Labute approximate surface area is 122 Å². The third kappa shape index (κ3) is 5.13. The Hall–Kier alpha value is -2.49. The van der Waals surface area contributed by atoms with E-state index < -0.39 is 25.3 Å². The number of rotatable bonds is 6. The molecule has 22 heavy (non-hydrogen) atoms. The number of nitrogens with zero attached hydrogens (tertiary/aromatic N) is 3. The number of carbonyl (C=O) groups excluding carboxylic acids is 1. The first-order valence-electron chi connectivity index (χ1n) is 6.08. The van der Waals surface area contributed by atoms with Gasteiger partial charge in [0.05, 0.1) is 6.54 Å². The third-order valence-corrected chi connectivity index (χ3v) is 2.34. The highest BCUT2D eigenvalue weighted by Crippen LogP contribution is 2.14. The van der Waals surface area contributed by atoms with Crippen LogP contribution in [0.2, 0.25) is 0 Å². The Morgan fingerprint density at radius 2 is 2.05 bits per heavy atom. The van der Waals surface area contributed by atoms with Gasteiger partial charge in [0.15, 0.2) is 0 Å². The van der Waals surface area contributed by atoms with Gasteiger partial charge in [-0.25, -0.2) is 0 Å². The van der Waals surface area contributed by atoms with Crippen molar-refractivity contribution in [3.05, 3.63) is 30.4 Å². The molecule has 0 aliphatic heterocycles.